The first-order chi connectivity index (χ1) is 13.3. The van der Waals surface area contributed by atoms with Gasteiger partial charge in [0, 0.05) is 39.0 Å². The van der Waals surface area contributed by atoms with E-state index in [1.54, 1.807) is 0 Å². The number of carbonyl (C=O) groups excluding carboxylic acids is 3. The second kappa shape index (κ2) is 8.80. The van der Waals surface area contributed by atoms with Gasteiger partial charge in [-0.25, -0.2) is 0 Å². The Bertz CT molecular complexity index is 584. The molecule has 0 aromatic heterocycles. The fourth-order valence-electron chi connectivity index (χ4n) is 5.13. The molecule has 3 amide bonds. The third kappa shape index (κ3) is 4.67. The van der Waals surface area contributed by atoms with Crippen molar-refractivity contribution in [2.45, 2.75) is 83.5 Å². The maximum Gasteiger partial charge on any atom is 0.248 e. The van der Waals surface area contributed by atoms with Crippen LogP contribution in [0.3, 0.4) is 0 Å². The van der Waals surface area contributed by atoms with E-state index in [4.69, 9.17) is 4.74 Å². The Kier molecular flexibility index (Phi) is 6.63. The molecule has 0 aromatic rings. The van der Waals surface area contributed by atoms with Crippen LogP contribution in [-0.4, -0.2) is 71.4 Å². The van der Waals surface area contributed by atoms with Gasteiger partial charge in [-0.3, -0.25) is 14.4 Å². The molecule has 0 spiro atoms. The van der Waals surface area contributed by atoms with Gasteiger partial charge in [0.1, 0.15) is 5.54 Å². The van der Waals surface area contributed by atoms with E-state index in [1.807, 2.05) is 23.6 Å². The summed E-state index contributed by atoms with van der Waals surface area (Å²) in [5.41, 5.74) is -0.740. The summed E-state index contributed by atoms with van der Waals surface area (Å²) in [7, 11) is 0. The summed E-state index contributed by atoms with van der Waals surface area (Å²) in [4.78, 5) is 41.7. The molecule has 1 aliphatic carbocycles. The minimum atomic E-state index is -0.740. The maximum absolute atomic E-state index is 13.3. The second-order valence-corrected chi connectivity index (χ2v) is 8.89. The van der Waals surface area contributed by atoms with Crippen LogP contribution in [0.4, 0.5) is 0 Å². The molecule has 0 aromatic carbocycles. The monoisotopic (exact) mass is 393 g/mol. The van der Waals surface area contributed by atoms with E-state index in [2.05, 4.69) is 5.32 Å². The van der Waals surface area contributed by atoms with Gasteiger partial charge in [-0.05, 0) is 39.5 Å². The fraction of sp³-hybridized carbons (Fsp3) is 0.857. The van der Waals surface area contributed by atoms with Gasteiger partial charge in [0.25, 0.3) is 0 Å². The Morgan fingerprint density at radius 3 is 2.04 bits per heavy atom. The second-order valence-electron chi connectivity index (χ2n) is 8.89. The number of carbonyl (C=O) groups is 3. The van der Waals surface area contributed by atoms with Crippen molar-refractivity contribution in [3.8, 4) is 0 Å². The lowest BCUT2D eigenvalue weighted by Gasteiger charge is -2.43. The lowest BCUT2D eigenvalue weighted by atomic mass is 9.79. The molecule has 158 valence electrons. The summed E-state index contributed by atoms with van der Waals surface area (Å²) in [5.74, 6) is 0.0748. The summed E-state index contributed by atoms with van der Waals surface area (Å²) in [5, 5.41) is 2.97. The lowest BCUT2D eigenvalue weighted by molar-refractivity contribution is -0.152. The quantitative estimate of drug-likeness (QED) is 0.792. The molecule has 2 saturated heterocycles. The summed E-state index contributed by atoms with van der Waals surface area (Å²) in [6.45, 7) is 7.96. The van der Waals surface area contributed by atoms with E-state index in [0.717, 1.165) is 19.3 Å². The third-order valence-corrected chi connectivity index (χ3v) is 6.39. The van der Waals surface area contributed by atoms with Crippen LogP contribution in [-0.2, 0) is 19.1 Å². The minimum Gasteiger partial charge on any atom is -0.372 e. The van der Waals surface area contributed by atoms with Crippen molar-refractivity contribution in [1.29, 1.82) is 0 Å². The Labute approximate surface area is 168 Å². The topological polar surface area (TPSA) is 79.0 Å². The van der Waals surface area contributed by atoms with Gasteiger partial charge in [-0.1, -0.05) is 19.3 Å². The molecule has 1 saturated carbocycles. The summed E-state index contributed by atoms with van der Waals surface area (Å²) in [6, 6.07) is 0. The molecule has 2 aliphatic heterocycles. The highest BCUT2D eigenvalue weighted by atomic mass is 16.5. The normalized spacial score (nSPS) is 28.7. The SMILES string of the molecule is CC(=O)NC1(C(=O)N2CCC(C(=O)N3CC(C)OC(C)C3)CC2)CCCCC1. The summed E-state index contributed by atoms with van der Waals surface area (Å²) >= 11 is 0. The highest BCUT2D eigenvalue weighted by Gasteiger charge is 2.44. The zero-order valence-electron chi connectivity index (χ0n) is 17.5. The van der Waals surface area contributed by atoms with E-state index in [1.165, 1.54) is 6.92 Å². The number of morpholine rings is 1. The molecule has 3 fully saturated rings. The van der Waals surface area contributed by atoms with Crippen LogP contribution in [0.15, 0.2) is 0 Å². The van der Waals surface area contributed by atoms with Crippen molar-refractivity contribution < 1.29 is 19.1 Å². The van der Waals surface area contributed by atoms with Gasteiger partial charge in [-0.2, -0.15) is 0 Å². The maximum atomic E-state index is 13.3. The molecule has 28 heavy (non-hydrogen) atoms. The number of rotatable bonds is 3. The molecule has 2 heterocycles. The van der Waals surface area contributed by atoms with Gasteiger partial charge in [0.05, 0.1) is 12.2 Å². The number of nitrogens with zero attached hydrogens (tertiary/aromatic N) is 2. The Hall–Kier alpha value is -1.63. The molecule has 3 aliphatic rings. The molecule has 1 N–H and O–H groups in total. The average molecular weight is 394 g/mol. The number of likely N-dealkylation sites (tertiary alicyclic amines) is 1. The molecular formula is C21H35N3O4. The van der Waals surface area contributed by atoms with Crippen molar-refractivity contribution in [2.24, 2.45) is 5.92 Å². The van der Waals surface area contributed by atoms with Crippen molar-refractivity contribution in [1.82, 2.24) is 15.1 Å². The van der Waals surface area contributed by atoms with Gasteiger partial charge in [0.2, 0.25) is 17.7 Å². The predicted molar refractivity (Wildman–Crippen MR) is 106 cm³/mol. The molecule has 3 rings (SSSR count). The number of ether oxygens (including phenoxy) is 1. The number of hydrogen-bond acceptors (Lipinski definition) is 4. The standard InChI is InChI=1S/C21H35N3O4/c1-15-13-24(14-16(2)28-15)19(26)18-7-11-23(12-8-18)20(27)21(22-17(3)25)9-5-4-6-10-21/h15-16,18H,4-14H2,1-3H3,(H,22,25). The van der Waals surface area contributed by atoms with E-state index in [9.17, 15) is 14.4 Å². The minimum absolute atomic E-state index is 0.0235. The average Bonchev–Trinajstić information content (AvgIpc) is 2.66. The molecule has 0 bridgehead atoms. The number of hydrogen-bond donors (Lipinski definition) is 1. The first-order valence-corrected chi connectivity index (χ1v) is 10.8. The lowest BCUT2D eigenvalue weighted by Crippen LogP contribution is -2.61. The van der Waals surface area contributed by atoms with E-state index >= 15 is 0 Å². The molecular weight excluding hydrogens is 358 g/mol. The largest absolute Gasteiger partial charge is 0.372 e. The molecule has 7 nitrogen and oxygen atoms in total. The van der Waals surface area contributed by atoms with Gasteiger partial charge in [0.15, 0.2) is 0 Å². The Morgan fingerprint density at radius 1 is 0.929 bits per heavy atom. The van der Waals surface area contributed by atoms with Crippen LogP contribution >= 0.6 is 0 Å². The van der Waals surface area contributed by atoms with E-state index < -0.39 is 5.54 Å². The van der Waals surface area contributed by atoms with Crippen LogP contribution < -0.4 is 5.32 Å². The molecule has 7 heteroatoms. The smallest absolute Gasteiger partial charge is 0.248 e. The third-order valence-electron chi connectivity index (χ3n) is 6.39. The zero-order valence-corrected chi connectivity index (χ0v) is 17.5. The Morgan fingerprint density at radius 2 is 1.50 bits per heavy atom. The van der Waals surface area contributed by atoms with Crippen molar-refractivity contribution >= 4 is 17.7 Å². The van der Waals surface area contributed by atoms with Crippen LogP contribution in [0.2, 0.25) is 0 Å². The fourth-order valence-corrected chi connectivity index (χ4v) is 5.13. The van der Waals surface area contributed by atoms with Crippen LogP contribution in [0, 0.1) is 5.92 Å². The van der Waals surface area contributed by atoms with E-state index in [0.29, 0.717) is 51.9 Å². The Balaban J connectivity index is 1.58. The van der Waals surface area contributed by atoms with Crippen molar-refractivity contribution in [2.75, 3.05) is 26.2 Å². The highest BCUT2D eigenvalue weighted by Crippen LogP contribution is 2.32. The van der Waals surface area contributed by atoms with Crippen molar-refractivity contribution in [3.05, 3.63) is 0 Å². The summed E-state index contributed by atoms with van der Waals surface area (Å²) < 4.78 is 5.73. The molecule has 2 unspecified atom stereocenters. The highest BCUT2D eigenvalue weighted by molar-refractivity contribution is 5.91. The van der Waals surface area contributed by atoms with Gasteiger partial charge < -0.3 is 19.9 Å². The van der Waals surface area contributed by atoms with Crippen LogP contribution in [0.25, 0.3) is 0 Å². The first-order valence-electron chi connectivity index (χ1n) is 10.8. The first kappa shape index (κ1) is 21.1. The molecule has 2 atom stereocenters. The van der Waals surface area contributed by atoms with Gasteiger partial charge in [-0.15, -0.1) is 0 Å². The van der Waals surface area contributed by atoms with Gasteiger partial charge >= 0.3 is 0 Å². The van der Waals surface area contributed by atoms with Crippen LogP contribution in [0.1, 0.15) is 65.7 Å². The van der Waals surface area contributed by atoms with E-state index in [-0.39, 0.29) is 35.8 Å². The number of nitrogens with one attached hydrogen (secondary N) is 1. The summed E-state index contributed by atoms with van der Waals surface area (Å²) in [6.07, 6.45) is 6.00. The number of amides is 3. The zero-order chi connectivity index (χ0) is 20.3. The molecule has 0 radical (unpaired) electrons. The predicted octanol–water partition coefficient (Wildman–Crippen LogP) is 1.70. The van der Waals surface area contributed by atoms with Crippen molar-refractivity contribution in [3.63, 3.8) is 0 Å². The van der Waals surface area contributed by atoms with Crippen LogP contribution in [0.5, 0.6) is 0 Å². The number of piperidine rings is 1.